The molecule has 0 amide bonds. The van der Waals surface area contributed by atoms with Crippen LogP contribution in [0, 0.1) is 11.3 Å². The lowest BCUT2D eigenvalue weighted by atomic mass is 9.95. The maximum absolute atomic E-state index is 12.4. The number of nitriles is 1. The largest absolute Gasteiger partial charge is 0.481 e. The molecule has 0 unspecified atom stereocenters. The first-order chi connectivity index (χ1) is 9.61. The number of nitrogens with zero attached hydrogens (tertiary/aromatic N) is 1. The molecule has 4 nitrogen and oxygen atoms in total. The van der Waals surface area contributed by atoms with Crippen molar-refractivity contribution in [3.05, 3.63) is 70.8 Å². The quantitative estimate of drug-likeness (QED) is 0.861. The van der Waals surface area contributed by atoms with Crippen molar-refractivity contribution in [3.8, 4) is 6.07 Å². The maximum atomic E-state index is 12.4. The second-order valence-corrected chi connectivity index (χ2v) is 4.25. The number of aliphatic carboxylic acids is 1. The van der Waals surface area contributed by atoms with Crippen LogP contribution in [0.3, 0.4) is 0 Å². The van der Waals surface area contributed by atoms with Gasteiger partial charge in [0, 0.05) is 11.1 Å². The zero-order valence-corrected chi connectivity index (χ0v) is 10.5. The monoisotopic (exact) mass is 265 g/mol. The minimum absolute atomic E-state index is 0.250. The van der Waals surface area contributed by atoms with Crippen LogP contribution in [0.15, 0.2) is 48.5 Å². The van der Waals surface area contributed by atoms with Crippen LogP contribution < -0.4 is 0 Å². The number of carbonyl (C=O) groups is 2. The van der Waals surface area contributed by atoms with Crippen molar-refractivity contribution in [2.45, 2.75) is 6.42 Å². The first kappa shape index (κ1) is 13.5. The van der Waals surface area contributed by atoms with Gasteiger partial charge in [0.25, 0.3) is 0 Å². The van der Waals surface area contributed by atoms with Crippen LogP contribution in [0.2, 0.25) is 0 Å². The summed E-state index contributed by atoms with van der Waals surface area (Å²) in [7, 11) is 0. The van der Waals surface area contributed by atoms with Gasteiger partial charge in [0.2, 0.25) is 0 Å². The van der Waals surface area contributed by atoms with Crippen LogP contribution in [0.4, 0.5) is 0 Å². The average Bonchev–Trinajstić information content (AvgIpc) is 2.47. The summed E-state index contributed by atoms with van der Waals surface area (Å²) in [5.41, 5.74) is 1.47. The summed E-state index contributed by atoms with van der Waals surface area (Å²) >= 11 is 0. The Hall–Kier alpha value is -2.93. The standard InChI is InChI=1S/C16H11NO3/c17-10-11-6-7-13(9-15(18)19)14(8-11)16(20)12-4-2-1-3-5-12/h1-8H,9H2,(H,18,19). The van der Waals surface area contributed by atoms with E-state index in [1.807, 2.05) is 6.07 Å². The van der Waals surface area contributed by atoms with Gasteiger partial charge in [-0.3, -0.25) is 9.59 Å². The Kier molecular flexibility index (Phi) is 3.92. The smallest absolute Gasteiger partial charge is 0.307 e. The lowest BCUT2D eigenvalue weighted by Gasteiger charge is -2.07. The molecule has 2 rings (SSSR count). The van der Waals surface area contributed by atoms with Crippen molar-refractivity contribution >= 4 is 11.8 Å². The predicted octanol–water partition coefficient (Wildman–Crippen LogP) is 2.42. The van der Waals surface area contributed by atoms with Crippen LogP contribution in [0.5, 0.6) is 0 Å². The van der Waals surface area contributed by atoms with Gasteiger partial charge in [-0.1, -0.05) is 36.4 Å². The molecule has 0 bridgehead atoms. The fraction of sp³-hybridized carbons (Fsp3) is 0.0625. The van der Waals surface area contributed by atoms with E-state index in [1.165, 1.54) is 18.2 Å². The van der Waals surface area contributed by atoms with Crippen LogP contribution in [0.1, 0.15) is 27.0 Å². The molecule has 2 aromatic rings. The molecule has 0 aromatic heterocycles. The normalized spacial score (nSPS) is 9.75. The molecule has 0 radical (unpaired) electrons. The Morgan fingerprint density at radius 3 is 2.40 bits per heavy atom. The van der Waals surface area contributed by atoms with Gasteiger partial charge in [-0.2, -0.15) is 5.26 Å². The average molecular weight is 265 g/mol. The molecule has 0 spiro atoms. The Morgan fingerprint density at radius 1 is 1.10 bits per heavy atom. The summed E-state index contributed by atoms with van der Waals surface area (Å²) in [6, 6.07) is 15.0. The second kappa shape index (κ2) is 5.81. The van der Waals surface area contributed by atoms with Gasteiger partial charge in [0.05, 0.1) is 18.1 Å². The van der Waals surface area contributed by atoms with Crippen LogP contribution in [-0.4, -0.2) is 16.9 Å². The molecule has 2 aromatic carbocycles. The lowest BCUT2D eigenvalue weighted by Crippen LogP contribution is -2.09. The Labute approximate surface area is 115 Å². The molecule has 0 saturated heterocycles. The van der Waals surface area contributed by atoms with Gasteiger partial charge >= 0.3 is 5.97 Å². The van der Waals surface area contributed by atoms with Gasteiger partial charge in [-0.15, -0.1) is 0 Å². The zero-order chi connectivity index (χ0) is 14.5. The number of hydrogen-bond donors (Lipinski definition) is 1. The van der Waals surface area contributed by atoms with E-state index in [-0.39, 0.29) is 17.8 Å². The number of hydrogen-bond acceptors (Lipinski definition) is 3. The molecule has 0 aliphatic carbocycles. The third kappa shape index (κ3) is 2.90. The van der Waals surface area contributed by atoms with Crippen molar-refractivity contribution in [1.82, 2.24) is 0 Å². The van der Waals surface area contributed by atoms with Crippen molar-refractivity contribution in [2.75, 3.05) is 0 Å². The summed E-state index contributed by atoms with van der Waals surface area (Å²) < 4.78 is 0. The number of ketones is 1. The van der Waals surface area contributed by atoms with Gasteiger partial charge in [-0.25, -0.2) is 0 Å². The summed E-state index contributed by atoms with van der Waals surface area (Å²) in [5, 5.41) is 17.8. The molecular formula is C16H11NO3. The van der Waals surface area contributed by atoms with Crippen LogP contribution in [-0.2, 0) is 11.2 Å². The minimum Gasteiger partial charge on any atom is -0.481 e. The van der Waals surface area contributed by atoms with E-state index >= 15 is 0 Å². The van der Waals surface area contributed by atoms with E-state index in [0.29, 0.717) is 16.7 Å². The molecule has 0 aliphatic heterocycles. The van der Waals surface area contributed by atoms with E-state index in [1.54, 1.807) is 30.3 Å². The SMILES string of the molecule is N#Cc1ccc(CC(=O)O)c(C(=O)c2ccccc2)c1. The second-order valence-electron chi connectivity index (χ2n) is 4.25. The molecule has 0 aliphatic rings. The highest BCUT2D eigenvalue weighted by molar-refractivity contribution is 6.10. The van der Waals surface area contributed by atoms with Crippen molar-refractivity contribution < 1.29 is 14.7 Å². The molecule has 0 atom stereocenters. The highest BCUT2D eigenvalue weighted by Gasteiger charge is 2.16. The highest BCUT2D eigenvalue weighted by atomic mass is 16.4. The fourth-order valence-corrected chi connectivity index (χ4v) is 1.92. The Morgan fingerprint density at radius 2 is 1.80 bits per heavy atom. The molecule has 0 heterocycles. The minimum atomic E-state index is -1.02. The van der Waals surface area contributed by atoms with Gasteiger partial charge in [0.1, 0.15) is 0 Å². The Bertz CT molecular complexity index is 699. The number of carboxylic acid groups (broad SMARTS) is 1. The van der Waals surface area contributed by atoms with Crippen LogP contribution >= 0.6 is 0 Å². The molecular weight excluding hydrogens is 254 g/mol. The summed E-state index contributed by atoms with van der Waals surface area (Å²) in [5.74, 6) is -1.30. The molecule has 20 heavy (non-hydrogen) atoms. The zero-order valence-electron chi connectivity index (χ0n) is 10.5. The van der Waals surface area contributed by atoms with Gasteiger partial charge < -0.3 is 5.11 Å². The van der Waals surface area contributed by atoms with E-state index in [0.717, 1.165) is 0 Å². The van der Waals surface area contributed by atoms with E-state index < -0.39 is 5.97 Å². The fourth-order valence-electron chi connectivity index (χ4n) is 1.92. The van der Waals surface area contributed by atoms with Gasteiger partial charge in [-0.05, 0) is 17.7 Å². The molecule has 0 saturated carbocycles. The summed E-state index contributed by atoms with van der Waals surface area (Å²) in [4.78, 5) is 23.3. The highest BCUT2D eigenvalue weighted by Crippen LogP contribution is 2.17. The predicted molar refractivity (Wildman–Crippen MR) is 72.4 cm³/mol. The van der Waals surface area contributed by atoms with E-state index in [2.05, 4.69) is 0 Å². The molecule has 98 valence electrons. The summed E-state index contributed by atoms with van der Waals surface area (Å²) in [6.07, 6.45) is -0.250. The van der Waals surface area contributed by atoms with E-state index in [4.69, 9.17) is 10.4 Å². The van der Waals surface area contributed by atoms with E-state index in [9.17, 15) is 9.59 Å². The van der Waals surface area contributed by atoms with Crippen molar-refractivity contribution in [3.63, 3.8) is 0 Å². The van der Waals surface area contributed by atoms with Crippen molar-refractivity contribution in [2.24, 2.45) is 0 Å². The number of carbonyl (C=O) groups excluding carboxylic acids is 1. The lowest BCUT2D eigenvalue weighted by molar-refractivity contribution is -0.136. The molecule has 0 fully saturated rings. The number of benzene rings is 2. The number of rotatable bonds is 4. The summed E-state index contributed by atoms with van der Waals surface area (Å²) in [6.45, 7) is 0. The molecule has 1 N–H and O–H groups in total. The van der Waals surface area contributed by atoms with Gasteiger partial charge in [0.15, 0.2) is 5.78 Å². The maximum Gasteiger partial charge on any atom is 0.307 e. The topological polar surface area (TPSA) is 78.2 Å². The van der Waals surface area contributed by atoms with Crippen LogP contribution in [0.25, 0.3) is 0 Å². The first-order valence-corrected chi connectivity index (χ1v) is 5.96. The number of carboxylic acids is 1. The first-order valence-electron chi connectivity index (χ1n) is 5.96. The third-order valence-corrected chi connectivity index (χ3v) is 2.86. The third-order valence-electron chi connectivity index (χ3n) is 2.86. The molecule has 4 heteroatoms. The Balaban J connectivity index is 2.50. The van der Waals surface area contributed by atoms with Crippen molar-refractivity contribution in [1.29, 1.82) is 5.26 Å².